The summed E-state index contributed by atoms with van der Waals surface area (Å²) in [4.78, 5) is 8.22. The highest BCUT2D eigenvalue weighted by Crippen LogP contribution is 2.11. The predicted octanol–water partition coefficient (Wildman–Crippen LogP) is 3.34. The summed E-state index contributed by atoms with van der Waals surface area (Å²) >= 11 is 0. The lowest BCUT2D eigenvalue weighted by atomic mass is 10.0. The Morgan fingerprint density at radius 3 is 1.76 bits per heavy atom. The molecule has 0 spiro atoms. The molecule has 102 valence electrons. The Balaban J connectivity index is 1.97. The van der Waals surface area contributed by atoms with E-state index < -0.39 is 0 Å². The van der Waals surface area contributed by atoms with Crippen LogP contribution in [0.25, 0.3) is 0 Å². The van der Waals surface area contributed by atoms with Crippen LogP contribution in [0.1, 0.15) is 11.1 Å². The number of nitrogens with zero attached hydrogens (tertiary/aromatic N) is 3. The number of rotatable bonds is 4. The molecule has 1 N–H and O–H groups in total. The molecule has 0 bridgehead atoms. The highest BCUT2D eigenvalue weighted by atomic mass is 15.3. The summed E-state index contributed by atoms with van der Waals surface area (Å²) in [5.74, 6) is 0.474. The summed E-state index contributed by atoms with van der Waals surface area (Å²) in [6.45, 7) is 0. The maximum atomic E-state index is 4.48. The van der Waals surface area contributed by atoms with E-state index in [0.717, 1.165) is 16.8 Å². The van der Waals surface area contributed by atoms with Crippen molar-refractivity contribution in [1.29, 1.82) is 0 Å². The molecule has 0 saturated carbocycles. The van der Waals surface area contributed by atoms with Crippen molar-refractivity contribution < 1.29 is 0 Å². The van der Waals surface area contributed by atoms with Crippen LogP contribution in [-0.4, -0.2) is 15.7 Å². The van der Waals surface area contributed by atoms with Gasteiger partial charge in [0.05, 0.1) is 5.71 Å². The molecule has 4 heteroatoms. The van der Waals surface area contributed by atoms with E-state index >= 15 is 0 Å². The summed E-state index contributed by atoms with van der Waals surface area (Å²) in [5.41, 5.74) is 5.83. The third kappa shape index (κ3) is 3.30. The van der Waals surface area contributed by atoms with Crippen LogP contribution in [0.4, 0.5) is 5.95 Å². The molecule has 0 aliphatic heterocycles. The van der Waals surface area contributed by atoms with Gasteiger partial charge in [0.1, 0.15) is 0 Å². The first-order valence-corrected chi connectivity index (χ1v) is 6.65. The van der Waals surface area contributed by atoms with Gasteiger partial charge < -0.3 is 0 Å². The van der Waals surface area contributed by atoms with Crippen LogP contribution in [0.5, 0.6) is 0 Å². The third-order valence-corrected chi connectivity index (χ3v) is 2.93. The van der Waals surface area contributed by atoms with Crippen LogP contribution in [0.2, 0.25) is 0 Å². The van der Waals surface area contributed by atoms with Crippen LogP contribution >= 0.6 is 0 Å². The van der Waals surface area contributed by atoms with Gasteiger partial charge in [0.2, 0.25) is 5.95 Å². The van der Waals surface area contributed by atoms with Gasteiger partial charge in [-0.3, -0.25) is 0 Å². The summed E-state index contributed by atoms with van der Waals surface area (Å²) in [6.07, 6.45) is 3.35. The van der Waals surface area contributed by atoms with Crippen molar-refractivity contribution in [2.45, 2.75) is 0 Å². The molecule has 0 aliphatic carbocycles. The lowest BCUT2D eigenvalue weighted by molar-refractivity contribution is 1.11. The minimum Gasteiger partial charge on any atom is -0.245 e. The second kappa shape index (κ2) is 6.43. The second-order valence-electron chi connectivity index (χ2n) is 4.38. The number of nitrogens with one attached hydrogen (secondary N) is 1. The summed E-state index contributed by atoms with van der Waals surface area (Å²) in [5, 5.41) is 4.48. The van der Waals surface area contributed by atoms with E-state index in [4.69, 9.17) is 0 Å². The van der Waals surface area contributed by atoms with E-state index in [2.05, 4.69) is 20.5 Å². The fourth-order valence-corrected chi connectivity index (χ4v) is 1.95. The fourth-order valence-electron chi connectivity index (χ4n) is 1.95. The average molecular weight is 274 g/mol. The first kappa shape index (κ1) is 13.0. The zero-order valence-electron chi connectivity index (χ0n) is 11.3. The van der Waals surface area contributed by atoms with Crippen molar-refractivity contribution in [2.24, 2.45) is 5.10 Å². The van der Waals surface area contributed by atoms with Crippen LogP contribution in [0.15, 0.2) is 84.2 Å². The molecule has 0 saturated heterocycles. The molecule has 0 fully saturated rings. The van der Waals surface area contributed by atoms with E-state index in [1.54, 1.807) is 18.5 Å². The van der Waals surface area contributed by atoms with Gasteiger partial charge >= 0.3 is 0 Å². The molecule has 4 nitrogen and oxygen atoms in total. The molecule has 21 heavy (non-hydrogen) atoms. The molecule has 0 amide bonds. The number of hydrogen-bond donors (Lipinski definition) is 1. The van der Waals surface area contributed by atoms with E-state index in [9.17, 15) is 0 Å². The van der Waals surface area contributed by atoms with Crippen molar-refractivity contribution in [3.63, 3.8) is 0 Å². The Morgan fingerprint density at radius 1 is 0.714 bits per heavy atom. The lowest BCUT2D eigenvalue weighted by Gasteiger charge is -2.07. The third-order valence-electron chi connectivity index (χ3n) is 2.93. The number of anilines is 1. The van der Waals surface area contributed by atoms with Crippen molar-refractivity contribution in [3.05, 3.63) is 90.3 Å². The molecular weight excluding hydrogens is 260 g/mol. The number of hydrogen-bond acceptors (Lipinski definition) is 4. The zero-order chi connectivity index (χ0) is 14.3. The normalized spacial score (nSPS) is 9.90. The van der Waals surface area contributed by atoms with E-state index in [0.29, 0.717) is 5.95 Å². The van der Waals surface area contributed by atoms with Crippen molar-refractivity contribution in [1.82, 2.24) is 9.97 Å². The van der Waals surface area contributed by atoms with Crippen LogP contribution in [-0.2, 0) is 0 Å². The molecule has 3 aromatic rings. The van der Waals surface area contributed by atoms with Gasteiger partial charge in [-0.15, -0.1) is 0 Å². The van der Waals surface area contributed by atoms with E-state index in [1.807, 2.05) is 60.7 Å². The topological polar surface area (TPSA) is 50.2 Å². The second-order valence-corrected chi connectivity index (χ2v) is 4.38. The predicted molar refractivity (Wildman–Crippen MR) is 84.2 cm³/mol. The highest BCUT2D eigenvalue weighted by molar-refractivity contribution is 6.13. The van der Waals surface area contributed by atoms with E-state index in [1.165, 1.54) is 0 Å². The first-order valence-electron chi connectivity index (χ1n) is 6.65. The number of benzene rings is 2. The molecule has 1 aromatic heterocycles. The quantitative estimate of drug-likeness (QED) is 0.586. The first-order chi connectivity index (χ1) is 10.4. The Hall–Kier alpha value is -3.01. The zero-order valence-corrected chi connectivity index (χ0v) is 11.3. The van der Waals surface area contributed by atoms with Gasteiger partial charge in [-0.05, 0) is 6.07 Å². The lowest BCUT2D eigenvalue weighted by Crippen LogP contribution is -2.07. The largest absolute Gasteiger partial charge is 0.245 e. The fraction of sp³-hybridized carbons (Fsp3) is 0. The van der Waals surface area contributed by atoms with Gasteiger partial charge in [-0.2, -0.15) is 5.10 Å². The molecular formula is C17H14N4. The van der Waals surface area contributed by atoms with Crippen molar-refractivity contribution in [2.75, 3.05) is 5.43 Å². The van der Waals surface area contributed by atoms with Crippen LogP contribution in [0.3, 0.4) is 0 Å². The van der Waals surface area contributed by atoms with Crippen molar-refractivity contribution >= 4 is 11.7 Å². The molecule has 1 heterocycles. The minimum atomic E-state index is 0.474. The smallest absolute Gasteiger partial charge is 0.243 e. The molecule has 2 aromatic carbocycles. The summed E-state index contributed by atoms with van der Waals surface area (Å²) in [7, 11) is 0. The van der Waals surface area contributed by atoms with Gasteiger partial charge in [0, 0.05) is 23.5 Å². The molecule has 0 aliphatic rings. The summed E-state index contributed by atoms with van der Waals surface area (Å²) < 4.78 is 0. The number of hydrazone groups is 1. The number of aromatic nitrogens is 2. The Kier molecular flexibility index (Phi) is 3.98. The minimum absolute atomic E-state index is 0.474. The van der Waals surface area contributed by atoms with Crippen LogP contribution in [0, 0.1) is 0 Å². The van der Waals surface area contributed by atoms with Gasteiger partial charge in [-0.1, -0.05) is 60.7 Å². The van der Waals surface area contributed by atoms with Crippen molar-refractivity contribution in [3.8, 4) is 0 Å². The van der Waals surface area contributed by atoms with Gasteiger partial charge in [-0.25, -0.2) is 15.4 Å². The Labute approximate surface area is 123 Å². The summed E-state index contributed by atoms with van der Waals surface area (Å²) in [6, 6.07) is 21.8. The van der Waals surface area contributed by atoms with Crippen LogP contribution < -0.4 is 5.43 Å². The Bertz CT molecular complexity index is 668. The molecule has 3 rings (SSSR count). The Morgan fingerprint density at radius 2 is 1.24 bits per heavy atom. The highest BCUT2D eigenvalue weighted by Gasteiger charge is 2.06. The standard InChI is InChI=1S/C17H14N4/c1-3-8-14(9-4-1)16(15-10-5-2-6-11-15)20-21-17-18-12-7-13-19-17/h1-13H,(H,18,19,21). The molecule has 0 atom stereocenters. The maximum absolute atomic E-state index is 4.48. The average Bonchev–Trinajstić information content (AvgIpc) is 2.58. The molecule has 0 radical (unpaired) electrons. The van der Waals surface area contributed by atoms with Gasteiger partial charge in [0.25, 0.3) is 0 Å². The maximum Gasteiger partial charge on any atom is 0.243 e. The monoisotopic (exact) mass is 274 g/mol. The molecule has 0 unspecified atom stereocenters. The SMILES string of the molecule is c1ccc(C(=NNc2ncccn2)c2ccccc2)cc1. The van der Waals surface area contributed by atoms with E-state index in [-0.39, 0.29) is 0 Å². The van der Waals surface area contributed by atoms with Gasteiger partial charge in [0.15, 0.2) is 0 Å².